The van der Waals surface area contributed by atoms with Crippen LogP contribution in [-0.4, -0.2) is 11.6 Å². The maximum atomic E-state index is 12.1. The van der Waals surface area contributed by atoms with E-state index >= 15 is 0 Å². The standard InChI is InChI=1S/C16H32O2/c1-6-8-10-11-13-14(12-9-7-2)15(17)18-16(3,4)5/h14H,6-13H2,1-5H3. The Bertz CT molecular complexity index is 216. The van der Waals surface area contributed by atoms with Crippen LogP contribution in [-0.2, 0) is 9.53 Å². The van der Waals surface area contributed by atoms with Crippen molar-refractivity contribution in [2.24, 2.45) is 5.92 Å². The summed E-state index contributed by atoms with van der Waals surface area (Å²) >= 11 is 0. The van der Waals surface area contributed by atoms with E-state index in [1.54, 1.807) is 0 Å². The third-order valence-corrected chi connectivity index (χ3v) is 3.05. The molecule has 0 spiro atoms. The summed E-state index contributed by atoms with van der Waals surface area (Å²) in [7, 11) is 0. The van der Waals surface area contributed by atoms with Crippen molar-refractivity contribution >= 4 is 5.97 Å². The van der Waals surface area contributed by atoms with E-state index in [-0.39, 0.29) is 17.5 Å². The van der Waals surface area contributed by atoms with Crippen molar-refractivity contribution in [2.75, 3.05) is 0 Å². The van der Waals surface area contributed by atoms with Crippen molar-refractivity contribution < 1.29 is 9.53 Å². The fourth-order valence-corrected chi connectivity index (χ4v) is 2.03. The summed E-state index contributed by atoms with van der Waals surface area (Å²) in [5, 5.41) is 0. The van der Waals surface area contributed by atoms with E-state index in [1.807, 2.05) is 20.8 Å². The second kappa shape index (κ2) is 9.41. The molecule has 0 aliphatic heterocycles. The summed E-state index contributed by atoms with van der Waals surface area (Å²) in [5.74, 6) is 0.119. The van der Waals surface area contributed by atoms with Crippen LogP contribution in [0.4, 0.5) is 0 Å². The molecule has 0 rings (SSSR count). The van der Waals surface area contributed by atoms with Crippen LogP contribution in [0.2, 0.25) is 0 Å². The molecule has 0 saturated heterocycles. The average Bonchev–Trinajstić information content (AvgIpc) is 2.25. The predicted molar refractivity (Wildman–Crippen MR) is 77.6 cm³/mol. The van der Waals surface area contributed by atoms with Gasteiger partial charge in [0.1, 0.15) is 5.60 Å². The zero-order valence-corrected chi connectivity index (χ0v) is 13.1. The van der Waals surface area contributed by atoms with Crippen molar-refractivity contribution in [2.45, 2.75) is 91.6 Å². The lowest BCUT2D eigenvalue weighted by Crippen LogP contribution is -2.28. The third kappa shape index (κ3) is 9.49. The Labute approximate surface area is 113 Å². The molecule has 1 unspecified atom stereocenters. The molecule has 2 nitrogen and oxygen atoms in total. The summed E-state index contributed by atoms with van der Waals surface area (Å²) in [6, 6.07) is 0. The van der Waals surface area contributed by atoms with Crippen LogP contribution < -0.4 is 0 Å². The Morgan fingerprint density at radius 3 is 2.00 bits per heavy atom. The molecule has 0 radical (unpaired) electrons. The molecular weight excluding hydrogens is 224 g/mol. The minimum absolute atomic E-state index is 0.00690. The van der Waals surface area contributed by atoms with Gasteiger partial charge in [-0.3, -0.25) is 4.79 Å². The summed E-state index contributed by atoms with van der Waals surface area (Å²) < 4.78 is 5.51. The van der Waals surface area contributed by atoms with E-state index < -0.39 is 0 Å². The van der Waals surface area contributed by atoms with Gasteiger partial charge < -0.3 is 4.74 Å². The highest BCUT2D eigenvalue weighted by Gasteiger charge is 2.24. The van der Waals surface area contributed by atoms with E-state index in [0.717, 1.165) is 32.1 Å². The molecule has 0 aliphatic rings. The topological polar surface area (TPSA) is 26.3 Å². The number of hydrogen-bond donors (Lipinski definition) is 0. The minimum atomic E-state index is -0.356. The van der Waals surface area contributed by atoms with Crippen LogP contribution in [0.1, 0.15) is 86.0 Å². The third-order valence-electron chi connectivity index (χ3n) is 3.05. The minimum Gasteiger partial charge on any atom is -0.460 e. The van der Waals surface area contributed by atoms with Gasteiger partial charge in [-0.25, -0.2) is 0 Å². The maximum Gasteiger partial charge on any atom is 0.309 e. The summed E-state index contributed by atoms with van der Waals surface area (Å²) in [6.45, 7) is 10.2. The smallest absolute Gasteiger partial charge is 0.309 e. The van der Waals surface area contributed by atoms with E-state index in [9.17, 15) is 4.79 Å². The Morgan fingerprint density at radius 1 is 0.944 bits per heavy atom. The number of carbonyl (C=O) groups is 1. The van der Waals surface area contributed by atoms with Crippen molar-refractivity contribution in [3.8, 4) is 0 Å². The van der Waals surface area contributed by atoms with Crippen LogP contribution in [0.3, 0.4) is 0 Å². The van der Waals surface area contributed by atoms with E-state index in [0.29, 0.717) is 0 Å². The lowest BCUT2D eigenvalue weighted by Gasteiger charge is -2.24. The molecule has 0 aromatic carbocycles. The molecule has 0 aliphatic carbocycles. The number of carbonyl (C=O) groups excluding carboxylic acids is 1. The first kappa shape index (κ1) is 17.5. The highest BCUT2D eigenvalue weighted by atomic mass is 16.6. The monoisotopic (exact) mass is 256 g/mol. The fourth-order valence-electron chi connectivity index (χ4n) is 2.03. The number of ether oxygens (including phenoxy) is 1. The van der Waals surface area contributed by atoms with Crippen LogP contribution in [0, 0.1) is 5.92 Å². The average molecular weight is 256 g/mol. The molecule has 108 valence electrons. The van der Waals surface area contributed by atoms with Crippen LogP contribution >= 0.6 is 0 Å². The Kier molecular flexibility index (Phi) is 9.13. The Hall–Kier alpha value is -0.530. The van der Waals surface area contributed by atoms with E-state index in [2.05, 4.69) is 13.8 Å². The Morgan fingerprint density at radius 2 is 1.50 bits per heavy atom. The summed E-state index contributed by atoms with van der Waals surface area (Å²) in [5.41, 5.74) is -0.356. The zero-order valence-electron chi connectivity index (χ0n) is 13.1. The lowest BCUT2D eigenvalue weighted by molar-refractivity contribution is -0.160. The lowest BCUT2D eigenvalue weighted by atomic mass is 9.95. The summed E-state index contributed by atoms with van der Waals surface area (Å²) in [6.07, 6.45) is 9.16. The van der Waals surface area contributed by atoms with Crippen molar-refractivity contribution in [3.63, 3.8) is 0 Å². The van der Waals surface area contributed by atoms with Gasteiger partial charge in [-0.1, -0.05) is 52.4 Å². The molecule has 0 heterocycles. The number of rotatable bonds is 9. The van der Waals surface area contributed by atoms with Crippen molar-refractivity contribution in [1.82, 2.24) is 0 Å². The number of esters is 1. The number of unbranched alkanes of at least 4 members (excludes halogenated alkanes) is 4. The predicted octanol–water partition coefficient (Wildman–Crippen LogP) is 5.10. The van der Waals surface area contributed by atoms with Gasteiger partial charge in [-0.2, -0.15) is 0 Å². The molecule has 18 heavy (non-hydrogen) atoms. The van der Waals surface area contributed by atoms with Gasteiger partial charge in [0, 0.05) is 0 Å². The molecule has 0 N–H and O–H groups in total. The van der Waals surface area contributed by atoms with Gasteiger partial charge in [0.05, 0.1) is 5.92 Å². The van der Waals surface area contributed by atoms with Gasteiger partial charge in [0.15, 0.2) is 0 Å². The molecule has 2 heteroatoms. The largest absolute Gasteiger partial charge is 0.460 e. The highest BCUT2D eigenvalue weighted by Crippen LogP contribution is 2.21. The molecule has 0 amide bonds. The van der Waals surface area contributed by atoms with Crippen molar-refractivity contribution in [3.05, 3.63) is 0 Å². The second-order valence-electron chi connectivity index (χ2n) is 6.22. The van der Waals surface area contributed by atoms with Gasteiger partial charge in [0.25, 0.3) is 0 Å². The van der Waals surface area contributed by atoms with Gasteiger partial charge >= 0.3 is 5.97 Å². The SMILES string of the molecule is CCCCCCC(CCCC)C(=O)OC(C)(C)C. The molecule has 0 aromatic heterocycles. The Balaban J connectivity index is 4.15. The first-order valence-corrected chi connectivity index (χ1v) is 7.63. The molecule has 0 aromatic rings. The van der Waals surface area contributed by atoms with E-state index in [4.69, 9.17) is 4.74 Å². The summed E-state index contributed by atoms with van der Waals surface area (Å²) in [4.78, 5) is 12.1. The molecule has 1 atom stereocenters. The molecule has 0 bridgehead atoms. The molecule has 0 saturated carbocycles. The first-order valence-electron chi connectivity index (χ1n) is 7.63. The second-order valence-corrected chi connectivity index (χ2v) is 6.22. The highest BCUT2D eigenvalue weighted by molar-refractivity contribution is 5.72. The first-order chi connectivity index (χ1) is 8.40. The maximum absolute atomic E-state index is 12.1. The number of hydrogen-bond acceptors (Lipinski definition) is 2. The van der Waals surface area contributed by atoms with Crippen LogP contribution in [0.15, 0.2) is 0 Å². The zero-order chi connectivity index (χ0) is 14.0. The van der Waals surface area contributed by atoms with Crippen molar-refractivity contribution in [1.29, 1.82) is 0 Å². The normalized spacial score (nSPS) is 13.4. The van der Waals surface area contributed by atoms with Gasteiger partial charge in [-0.05, 0) is 33.6 Å². The quantitative estimate of drug-likeness (QED) is 0.423. The van der Waals surface area contributed by atoms with Gasteiger partial charge in [-0.15, -0.1) is 0 Å². The molecule has 0 fully saturated rings. The van der Waals surface area contributed by atoms with Crippen LogP contribution in [0.25, 0.3) is 0 Å². The van der Waals surface area contributed by atoms with Gasteiger partial charge in [0.2, 0.25) is 0 Å². The fraction of sp³-hybridized carbons (Fsp3) is 0.938. The van der Waals surface area contributed by atoms with E-state index in [1.165, 1.54) is 19.3 Å². The molecular formula is C16H32O2. The van der Waals surface area contributed by atoms with Crippen LogP contribution in [0.5, 0.6) is 0 Å².